The van der Waals surface area contributed by atoms with Crippen molar-refractivity contribution < 1.29 is 14.3 Å². The van der Waals surface area contributed by atoms with Crippen LogP contribution in [-0.4, -0.2) is 33.0 Å². The summed E-state index contributed by atoms with van der Waals surface area (Å²) in [5.41, 5.74) is 1.11. The lowest BCUT2D eigenvalue weighted by Gasteiger charge is -2.19. The van der Waals surface area contributed by atoms with Gasteiger partial charge in [-0.3, -0.25) is 14.2 Å². The molecule has 3 atom stereocenters. The van der Waals surface area contributed by atoms with Crippen molar-refractivity contribution in [3.8, 4) is 0 Å². The SMILES string of the molecule is O=C(c1ccccc1)n1c(=O)ccn([C@@H]2C[C@H](OCc3ccccc3)[C@@H](COCc3ccccc3)S2)c1=O. The Bertz CT molecular complexity index is 1470. The predicted molar refractivity (Wildman–Crippen MR) is 147 cm³/mol. The van der Waals surface area contributed by atoms with E-state index < -0.39 is 17.2 Å². The van der Waals surface area contributed by atoms with Crippen LogP contribution in [0.4, 0.5) is 0 Å². The molecule has 1 saturated heterocycles. The van der Waals surface area contributed by atoms with Crippen LogP contribution in [0.1, 0.15) is 33.3 Å². The van der Waals surface area contributed by atoms with Crippen LogP contribution in [-0.2, 0) is 22.7 Å². The maximum Gasteiger partial charge on any atom is 0.339 e. The van der Waals surface area contributed by atoms with Gasteiger partial charge in [0, 0.05) is 24.2 Å². The minimum Gasteiger partial charge on any atom is -0.376 e. The van der Waals surface area contributed by atoms with Crippen molar-refractivity contribution in [2.75, 3.05) is 6.61 Å². The zero-order chi connectivity index (χ0) is 26.3. The molecule has 1 fully saturated rings. The van der Waals surface area contributed by atoms with Gasteiger partial charge in [-0.25, -0.2) is 4.79 Å². The summed E-state index contributed by atoms with van der Waals surface area (Å²) in [5.74, 6) is -0.641. The van der Waals surface area contributed by atoms with Crippen molar-refractivity contribution in [2.24, 2.45) is 0 Å². The third kappa shape index (κ3) is 6.05. The van der Waals surface area contributed by atoms with Crippen molar-refractivity contribution in [1.29, 1.82) is 0 Å². The van der Waals surface area contributed by atoms with Gasteiger partial charge in [-0.05, 0) is 23.3 Å². The van der Waals surface area contributed by atoms with Gasteiger partial charge in [-0.1, -0.05) is 78.9 Å². The molecule has 0 bridgehead atoms. The number of hydrogen-bond acceptors (Lipinski definition) is 6. The van der Waals surface area contributed by atoms with Crippen LogP contribution in [0.25, 0.3) is 0 Å². The van der Waals surface area contributed by atoms with Gasteiger partial charge in [0.05, 0.1) is 36.5 Å². The third-order valence-corrected chi connectivity index (χ3v) is 7.95. The topological polar surface area (TPSA) is 79.5 Å². The summed E-state index contributed by atoms with van der Waals surface area (Å²) in [5, 5.41) is -0.353. The molecular formula is C30H28N2O5S. The zero-order valence-electron chi connectivity index (χ0n) is 20.7. The number of carbonyl (C=O) groups is 1. The van der Waals surface area contributed by atoms with Crippen molar-refractivity contribution in [3.05, 3.63) is 141 Å². The van der Waals surface area contributed by atoms with E-state index in [0.29, 0.717) is 30.8 Å². The van der Waals surface area contributed by atoms with Gasteiger partial charge in [-0.15, -0.1) is 11.8 Å². The summed E-state index contributed by atoms with van der Waals surface area (Å²) in [4.78, 5) is 39.0. The van der Waals surface area contributed by atoms with Crippen molar-refractivity contribution >= 4 is 17.7 Å². The summed E-state index contributed by atoms with van der Waals surface area (Å²) in [6, 6.07) is 29.5. The molecular weight excluding hydrogens is 500 g/mol. The van der Waals surface area contributed by atoms with Crippen LogP contribution in [0, 0.1) is 0 Å². The highest BCUT2D eigenvalue weighted by Gasteiger charge is 2.38. The Labute approximate surface area is 224 Å². The number of ether oxygens (including phenoxy) is 2. The van der Waals surface area contributed by atoms with E-state index in [1.807, 2.05) is 60.7 Å². The van der Waals surface area contributed by atoms with Crippen molar-refractivity contribution in [1.82, 2.24) is 9.13 Å². The van der Waals surface area contributed by atoms with Gasteiger partial charge in [0.2, 0.25) is 0 Å². The molecule has 0 unspecified atom stereocenters. The Kier molecular flexibility index (Phi) is 8.33. The lowest BCUT2D eigenvalue weighted by molar-refractivity contribution is 0.0134. The quantitative estimate of drug-likeness (QED) is 0.318. The largest absolute Gasteiger partial charge is 0.376 e. The van der Waals surface area contributed by atoms with E-state index in [1.165, 1.54) is 16.8 Å². The molecule has 8 heteroatoms. The van der Waals surface area contributed by atoms with Gasteiger partial charge in [-0.2, -0.15) is 4.57 Å². The summed E-state index contributed by atoms with van der Waals surface area (Å²) in [6.45, 7) is 1.35. The zero-order valence-corrected chi connectivity index (χ0v) is 21.5. The first-order chi connectivity index (χ1) is 18.6. The second kappa shape index (κ2) is 12.2. The van der Waals surface area contributed by atoms with Crippen molar-refractivity contribution in [2.45, 2.75) is 36.4 Å². The minimum atomic E-state index is -0.656. The lowest BCUT2D eigenvalue weighted by Crippen LogP contribution is -2.43. The maximum atomic E-state index is 13.4. The summed E-state index contributed by atoms with van der Waals surface area (Å²) < 4.78 is 14.5. The fraction of sp³-hybridized carbons (Fsp3) is 0.233. The number of hydrogen-bond donors (Lipinski definition) is 0. The molecule has 194 valence electrons. The molecule has 0 aliphatic carbocycles. The Morgan fingerprint density at radius 3 is 2.08 bits per heavy atom. The highest BCUT2D eigenvalue weighted by Crippen LogP contribution is 2.42. The van der Waals surface area contributed by atoms with Gasteiger partial charge in [0.25, 0.3) is 11.5 Å². The van der Waals surface area contributed by atoms with E-state index in [9.17, 15) is 14.4 Å². The Hall–Kier alpha value is -3.72. The molecule has 0 amide bonds. The lowest BCUT2D eigenvalue weighted by atomic mass is 10.1. The summed E-state index contributed by atoms with van der Waals surface area (Å²) >= 11 is 1.56. The first-order valence-corrected chi connectivity index (χ1v) is 13.4. The molecule has 5 rings (SSSR count). The van der Waals surface area contributed by atoms with Crippen LogP contribution in [0.5, 0.6) is 0 Å². The molecule has 4 aromatic rings. The second-order valence-corrected chi connectivity index (χ2v) is 10.5. The van der Waals surface area contributed by atoms with Crippen LogP contribution in [0.15, 0.2) is 113 Å². The number of benzene rings is 3. The van der Waals surface area contributed by atoms with Crippen LogP contribution in [0.2, 0.25) is 0 Å². The molecule has 1 aliphatic heterocycles. The van der Waals surface area contributed by atoms with E-state index in [1.54, 1.807) is 42.1 Å². The minimum absolute atomic E-state index is 0.0375. The molecule has 2 heterocycles. The standard InChI is InChI=1S/C30H28N2O5S/c33-27-16-17-31(30(35)32(27)29(34)24-14-8-3-9-15-24)28-18-25(37-20-23-12-6-2-7-13-23)26(38-28)21-36-19-22-10-4-1-5-11-22/h1-17,25-26,28H,18-21H2/t25-,26+,28-/m0/s1. The normalized spacial score (nSPS) is 18.9. The van der Waals surface area contributed by atoms with Gasteiger partial charge in [0.1, 0.15) is 0 Å². The van der Waals surface area contributed by atoms with Crippen molar-refractivity contribution in [3.63, 3.8) is 0 Å². The Morgan fingerprint density at radius 2 is 1.42 bits per heavy atom. The fourth-order valence-electron chi connectivity index (χ4n) is 4.45. The molecule has 1 aliphatic rings. The molecule has 3 aromatic carbocycles. The fourth-order valence-corrected chi connectivity index (χ4v) is 5.98. The second-order valence-electron chi connectivity index (χ2n) is 9.05. The number of aromatic nitrogens is 2. The van der Waals surface area contributed by atoms with Crippen LogP contribution in [0.3, 0.4) is 0 Å². The summed E-state index contributed by atoms with van der Waals surface area (Å²) in [7, 11) is 0. The van der Waals surface area contributed by atoms with E-state index in [2.05, 4.69) is 0 Å². The van der Waals surface area contributed by atoms with Gasteiger partial charge >= 0.3 is 5.69 Å². The smallest absolute Gasteiger partial charge is 0.339 e. The number of carbonyl (C=O) groups excluding carboxylic acids is 1. The molecule has 0 N–H and O–H groups in total. The molecule has 7 nitrogen and oxygen atoms in total. The van der Waals surface area contributed by atoms with Crippen LogP contribution < -0.4 is 11.2 Å². The average molecular weight is 529 g/mol. The monoisotopic (exact) mass is 528 g/mol. The Morgan fingerprint density at radius 1 is 0.816 bits per heavy atom. The van der Waals surface area contributed by atoms with E-state index >= 15 is 0 Å². The molecule has 1 aromatic heterocycles. The molecule has 0 saturated carbocycles. The van der Waals surface area contributed by atoms with Crippen LogP contribution >= 0.6 is 11.8 Å². The predicted octanol–water partition coefficient (Wildman–Crippen LogP) is 4.50. The maximum absolute atomic E-state index is 13.4. The number of nitrogens with zero attached hydrogens (tertiary/aromatic N) is 2. The van der Waals surface area contributed by atoms with E-state index in [4.69, 9.17) is 9.47 Å². The third-order valence-electron chi connectivity index (χ3n) is 6.43. The first-order valence-electron chi connectivity index (χ1n) is 12.5. The number of rotatable bonds is 9. The molecule has 0 radical (unpaired) electrons. The summed E-state index contributed by atoms with van der Waals surface area (Å²) in [6.07, 6.45) is 1.82. The number of thioether (sulfide) groups is 1. The molecule has 38 heavy (non-hydrogen) atoms. The first kappa shape index (κ1) is 25.9. The Balaban J connectivity index is 1.36. The van der Waals surface area contributed by atoms with Gasteiger partial charge < -0.3 is 9.47 Å². The molecule has 0 spiro atoms. The highest BCUT2D eigenvalue weighted by atomic mass is 32.2. The van der Waals surface area contributed by atoms with E-state index in [-0.39, 0.29) is 22.3 Å². The highest BCUT2D eigenvalue weighted by molar-refractivity contribution is 8.00. The van der Waals surface area contributed by atoms with E-state index in [0.717, 1.165) is 11.1 Å². The van der Waals surface area contributed by atoms with Gasteiger partial charge in [0.15, 0.2) is 0 Å². The average Bonchev–Trinajstić information content (AvgIpc) is 3.36.